The third-order valence-electron chi connectivity index (χ3n) is 3.71. The van der Waals surface area contributed by atoms with Crippen molar-refractivity contribution in [1.82, 2.24) is 0 Å². The summed E-state index contributed by atoms with van der Waals surface area (Å²) in [7, 11) is 0. The van der Waals surface area contributed by atoms with Crippen LogP contribution in [-0.4, -0.2) is 13.2 Å². The van der Waals surface area contributed by atoms with Crippen LogP contribution < -0.4 is 5.73 Å². The second-order valence-corrected chi connectivity index (χ2v) is 4.87. The number of aryl methyl sites for hydroxylation is 3. The lowest BCUT2D eigenvalue weighted by Crippen LogP contribution is -2.18. The van der Waals surface area contributed by atoms with Gasteiger partial charge in [-0.2, -0.15) is 0 Å². The SMILES string of the molecule is Cc1cc(C)c(C2OCCC2CN)cc1C. The van der Waals surface area contributed by atoms with Crippen molar-refractivity contribution in [2.24, 2.45) is 11.7 Å². The van der Waals surface area contributed by atoms with Crippen LogP contribution in [-0.2, 0) is 4.74 Å². The average Bonchev–Trinajstić information content (AvgIpc) is 2.71. The lowest BCUT2D eigenvalue weighted by atomic mass is 9.90. The van der Waals surface area contributed by atoms with E-state index >= 15 is 0 Å². The fourth-order valence-electron chi connectivity index (χ4n) is 2.51. The summed E-state index contributed by atoms with van der Waals surface area (Å²) in [5.74, 6) is 0.487. The molecule has 1 aromatic rings. The van der Waals surface area contributed by atoms with Gasteiger partial charge in [0.2, 0.25) is 0 Å². The number of hydrogen-bond acceptors (Lipinski definition) is 2. The smallest absolute Gasteiger partial charge is 0.0868 e. The zero-order valence-corrected chi connectivity index (χ0v) is 10.4. The summed E-state index contributed by atoms with van der Waals surface area (Å²) < 4.78 is 5.84. The van der Waals surface area contributed by atoms with Crippen LogP contribution in [0.4, 0.5) is 0 Å². The number of rotatable bonds is 2. The standard InChI is InChI=1S/C14H21NO/c1-9-6-11(3)13(7-10(9)2)14-12(8-15)4-5-16-14/h6-7,12,14H,4-5,8,15H2,1-3H3. The molecule has 0 bridgehead atoms. The zero-order valence-electron chi connectivity index (χ0n) is 10.4. The second-order valence-electron chi connectivity index (χ2n) is 4.87. The number of nitrogens with two attached hydrogens (primary N) is 1. The van der Waals surface area contributed by atoms with Crippen molar-refractivity contribution >= 4 is 0 Å². The molecule has 1 aliphatic heterocycles. The Kier molecular flexibility index (Phi) is 3.31. The van der Waals surface area contributed by atoms with E-state index < -0.39 is 0 Å². The maximum atomic E-state index is 5.84. The van der Waals surface area contributed by atoms with Gasteiger partial charge in [0, 0.05) is 12.5 Å². The molecule has 1 aromatic carbocycles. The maximum Gasteiger partial charge on any atom is 0.0868 e. The molecule has 1 heterocycles. The van der Waals surface area contributed by atoms with Crippen molar-refractivity contribution in [3.05, 3.63) is 34.4 Å². The number of ether oxygens (including phenoxy) is 1. The monoisotopic (exact) mass is 219 g/mol. The Balaban J connectivity index is 2.36. The second kappa shape index (κ2) is 4.56. The molecule has 16 heavy (non-hydrogen) atoms. The predicted octanol–water partition coefficient (Wildman–Crippen LogP) is 2.65. The fourth-order valence-corrected chi connectivity index (χ4v) is 2.51. The van der Waals surface area contributed by atoms with Crippen LogP contribution in [0.15, 0.2) is 12.1 Å². The molecular weight excluding hydrogens is 198 g/mol. The highest BCUT2D eigenvalue weighted by Crippen LogP contribution is 2.36. The molecule has 0 aromatic heterocycles. The van der Waals surface area contributed by atoms with Crippen LogP contribution >= 0.6 is 0 Å². The molecule has 0 spiro atoms. The van der Waals surface area contributed by atoms with E-state index in [0.29, 0.717) is 5.92 Å². The summed E-state index contributed by atoms with van der Waals surface area (Å²) in [4.78, 5) is 0. The fraction of sp³-hybridized carbons (Fsp3) is 0.571. The molecule has 88 valence electrons. The first-order valence-corrected chi connectivity index (χ1v) is 6.03. The molecular formula is C14H21NO. The van der Waals surface area contributed by atoms with E-state index in [4.69, 9.17) is 10.5 Å². The Hall–Kier alpha value is -0.860. The van der Waals surface area contributed by atoms with Crippen LogP contribution in [0.2, 0.25) is 0 Å². The van der Waals surface area contributed by atoms with E-state index in [9.17, 15) is 0 Å². The van der Waals surface area contributed by atoms with Gasteiger partial charge in [-0.25, -0.2) is 0 Å². The van der Waals surface area contributed by atoms with Crippen molar-refractivity contribution in [2.75, 3.05) is 13.2 Å². The van der Waals surface area contributed by atoms with Crippen molar-refractivity contribution in [3.63, 3.8) is 0 Å². The lowest BCUT2D eigenvalue weighted by Gasteiger charge is -2.20. The highest BCUT2D eigenvalue weighted by Gasteiger charge is 2.29. The van der Waals surface area contributed by atoms with Crippen LogP contribution in [0.25, 0.3) is 0 Å². The van der Waals surface area contributed by atoms with E-state index in [1.807, 2.05) is 0 Å². The van der Waals surface area contributed by atoms with E-state index in [1.54, 1.807) is 0 Å². The molecule has 2 N–H and O–H groups in total. The molecule has 2 unspecified atom stereocenters. The average molecular weight is 219 g/mol. The first-order chi connectivity index (χ1) is 7.63. The molecule has 0 aliphatic carbocycles. The van der Waals surface area contributed by atoms with E-state index in [2.05, 4.69) is 32.9 Å². The Bertz CT molecular complexity index is 387. The normalized spacial score (nSPS) is 25.0. The highest BCUT2D eigenvalue weighted by molar-refractivity contribution is 5.38. The topological polar surface area (TPSA) is 35.2 Å². The summed E-state index contributed by atoms with van der Waals surface area (Å²) in [6, 6.07) is 4.52. The van der Waals surface area contributed by atoms with Gasteiger partial charge in [0.25, 0.3) is 0 Å². The minimum atomic E-state index is 0.212. The highest BCUT2D eigenvalue weighted by atomic mass is 16.5. The zero-order chi connectivity index (χ0) is 11.7. The summed E-state index contributed by atoms with van der Waals surface area (Å²) in [6.45, 7) is 8.04. The van der Waals surface area contributed by atoms with Gasteiger partial charge < -0.3 is 10.5 Å². The van der Waals surface area contributed by atoms with Gasteiger partial charge in [-0.15, -0.1) is 0 Å². The third kappa shape index (κ3) is 2.00. The van der Waals surface area contributed by atoms with Gasteiger partial charge in [-0.3, -0.25) is 0 Å². The van der Waals surface area contributed by atoms with Crippen LogP contribution in [0, 0.1) is 26.7 Å². The minimum Gasteiger partial charge on any atom is -0.373 e. The Morgan fingerprint density at radius 2 is 1.88 bits per heavy atom. The van der Waals surface area contributed by atoms with Crippen LogP contribution in [0.5, 0.6) is 0 Å². The quantitative estimate of drug-likeness (QED) is 0.830. The Labute approximate surface area is 97.8 Å². The minimum absolute atomic E-state index is 0.212. The Morgan fingerprint density at radius 1 is 1.19 bits per heavy atom. The van der Waals surface area contributed by atoms with Crippen molar-refractivity contribution in [3.8, 4) is 0 Å². The van der Waals surface area contributed by atoms with E-state index in [0.717, 1.165) is 19.6 Å². The van der Waals surface area contributed by atoms with Gasteiger partial charge in [-0.1, -0.05) is 12.1 Å². The molecule has 1 saturated heterocycles. The first-order valence-electron chi connectivity index (χ1n) is 6.03. The van der Waals surface area contributed by atoms with Gasteiger partial charge in [-0.05, 0) is 56.0 Å². The molecule has 0 radical (unpaired) electrons. The van der Waals surface area contributed by atoms with Crippen LogP contribution in [0.3, 0.4) is 0 Å². The first kappa shape index (κ1) is 11.6. The predicted molar refractivity (Wildman–Crippen MR) is 66.5 cm³/mol. The number of benzene rings is 1. The van der Waals surface area contributed by atoms with Gasteiger partial charge in [0.1, 0.15) is 0 Å². The lowest BCUT2D eigenvalue weighted by molar-refractivity contribution is 0.0919. The molecule has 1 aliphatic rings. The largest absolute Gasteiger partial charge is 0.373 e. The summed E-state index contributed by atoms with van der Waals surface area (Å²) in [5, 5.41) is 0. The molecule has 2 heteroatoms. The van der Waals surface area contributed by atoms with Crippen molar-refractivity contribution in [1.29, 1.82) is 0 Å². The Morgan fingerprint density at radius 3 is 2.56 bits per heavy atom. The maximum absolute atomic E-state index is 5.84. The molecule has 0 saturated carbocycles. The molecule has 2 nitrogen and oxygen atoms in total. The molecule has 1 fully saturated rings. The summed E-state index contributed by atoms with van der Waals surface area (Å²) in [6.07, 6.45) is 1.30. The van der Waals surface area contributed by atoms with E-state index in [-0.39, 0.29) is 6.10 Å². The van der Waals surface area contributed by atoms with Gasteiger partial charge >= 0.3 is 0 Å². The van der Waals surface area contributed by atoms with Gasteiger partial charge in [0.05, 0.1) is 6.10 Å². The number of hydrogen-bond donors (Lipinski definition) is 1. The van der Waals surface area contributed by atoms with Crippen molar-refractivity contribution < 1.29 is 4.74 Å². The summed E-state index contributed by atoms with van der Waals surface area (Å²) in [5.41, 5.74) is 11.1. The summed E-state index contributed by atoms with van der Waals surface area (Å²) >= 11 is 0. The van der Waals surface area contributed by atoms with Crippen molar-refractivity contribution in [2.45, 2.75) is 33.3 Å². The molecule has 2 rings (SSSR count). The third-order valence-corrected chi connectivity index (χ3v) is 3.71. The molecule has 0 amide bonds. The van der Waals surface area contributed by atoms with Gasteiger partial charge in [0.15, 0.2) is 0 Å². The van der Waals surface area contributed by atoms with Crippen LogP contribution in [0.1, 0.15) is 34.8 Å². The molecule has 2 atom stereocenters. The van der Waals surface area contributed by atoms with E-state index in [1.165, 1.54) is 22.3 Å².